The Hall–Kier alpha value is -3.28. The molecule has 0 spiro atoms. The summed E-state index contributed by atoms with van der Waals surface area (Å²) in [5, 5.41) is 5.95. The molecule has 0 aliphatic carbocycles. The van der Waals surface area contributed by atoms with Gasteiger partial charge in [-0.1, -0.05) is 42.0 Å². The molecule has 2 N–H and O–H groups in total. The molecule has 1 amide bonds. The molecule has 2 aromatic carbocycles. The number of amides is 1. The molecule has 6 heteroatoms. The largest absolute Gasteiger partial charge is 0.366 e. The number of hydrogen-bond donors (Lipinski definition) is 2. The van der Waals surface area contributed by atoms with E-state index in [0.29, 0.717) is 18.9 Å². The number of rotatable bonds is 6. The Labute approximate surface area is 151 Å². The van der Waals surface area contributed by atoms with Crippen LogP contribution in [0.3, 0.4) is 0 Å². The minimum absolute atomic E-state index is 0.272. The van der Waals surface area contributed by atoms with Crippen LogP contribution in [0.5, 0.6) is 0 Å². The predicted molar refractivity (Wildman–Crippen MR) is 98.1 cm³/mol. The molecule has 0 unspecified atom stereocenters. The number of carbonyl (C=O) groups is 1. The Balaban J connectivity index is 1.59. The van der Waals surface area contributed by atoms with Crippen molar-refractivity contribution in [2.45, 2.75) is 20.0 Å². The zero-order valence-corrected chi connectivity index (χ0v) is 14.4. The molecule has 0 saturated carbocycles. The van der Waals surface area contributed by atoms with Gasteiger partial charge in [-0.3, -0.25) is 4.79 Å². The van der Waals surface area contributed by atoms with Gasteiger partial charge in [-0.05, 0) is 30.2 Å². The van der Waals surface area contributed by atoms with Crippen LogP contribution < -0.4 is 10.6 Å². The molecule has 0 aliphatic rings. The number of carbonyl (C=O) groups excluding carboxylic acids is 1. The van der Waals surface area contributed by atoms with Crippen molar-refractivity contribution in [2.75, 3.05) is 5.32 Å². The van der Waals surface area contributed by atoms with Crippen LogP contribution in [-0.4, -0.2) is 15.9 Å². The Morgan fingerprint density at radius 1 is 1.00 bits per heavy atom. The van der Waals surface area contributed by atoms with E-state index in [4.69, 9.17) is 0 Å². The highest BCUT2D eigenvalue weighted by atomic mass is 19.1. The molecule has 0 aliphatic heterocycles. The van der Waals surface area contributed by atoms with Crippen LogP contribution in [0.1, 0.15) is 27.2 Å². The van der Waals surface area contributed by atoms with Gasteiger partial charge in [0.05, 0.1) is 0 Å². The number of aryl methyl sites for hydroxylation is 1. The van der Waals surface area contributed by atoms with E-state index in [1.165, 1.54) is 24.0 Å². The third-order valence-corrected chi connectivity index (χ3v) is 3.82. The van der Waals surface area contributed by atoms with E-state index in [1.807, 2.05) is 25.1 Å². The fraction of sp³-hybridized carbons (Fsp3) is 0.150. The number of aromatic nitrogens is 2. The summed E-state index contributed by atoms with van der Waals surface area (Å²) in [5.41, 5.74) is 3.40. The average molecular weight is 350 g/mol. The van der Waals surface area contributed by atoms with Gasteiger partial charge < -0.3 is 10.6 Å². The third kappa shape index (κ3) is 4.86. The lowest BCUT2D eigenvalue weighted by molar-refractivity contribution is 0.0946. The quantitative estimate of drug-likeness (QED) is 0.714. The Morgan fingerprint density at radius 3 is 2.58 bits per heavy atom. The van der Waals surface area contributed by atoms with E-state index in [9.17, 15) is 9.18 Å². The van der Waals surface area contributed by atoms with Crippen molar-refractivity contribution < 1.29 is 9.18 Å². The molecular weight excluding hydrogens is 331 g/mol. The molecule has 0 atom stereocenters. The Bertz CT molecular complexity index is 896. The van der Waals surface area contributed by atoms with Crippen molar-refractivity contribution in [1.29, 1.82) is 0 Å². The maximum Gasteiger partial charge on any atom is 0.270 e. The molecule has 1 heterocycles. The first-order chi connectivity index (χ1) is 12.6. The van der Waals surface area contributed by atoms with Crippen molar-refractivity contribution >= 4 is 11.7 Å². The van der Waals surface area contributed by atoms with Gasteiger partial charge in [-0.2, -0.15) is 0 Å². The molecule has 0 saturated heterocycles. The van der Waals surface area contributed by atoms with Gasteiger partial charge in [0.25, 0.3) is 5.91 Å². The molecule has 0 fully saturated rings. The van der Waals surface area contributed by atoms with Gasteiger partial charge in [0, 0.05) is 19.2 Å². The lowest BCUT2D eigenvalue weighted by atomic mass is 10.1. The fourth-order valence-corrected chi connectivity index (χ4v) is 2.47. The number of nitrogens with zero attached hydrogens (tertiary/aromatic N) is 2. The van der Waals surface area contributed by atoms with Gasteiger partial charge in [-0.15, -0.1) is 0 Å². The normalized spacial score (nSPS) is 10.4. The van der Waals surface area contributed by atoms with Crippen molar-refractivity contribution in [3.63, 3.8) is 0 Å². The molecule has 3 rings (SSSR count). The molecular formula is C20H19FN4O. The zero-order valence-electron chi connectivity index (χ0n) is 14.4. The maximum absolute atomic E-state index is 12.9. The van der Waals surface area contributed by atoms with Gasteiger partial charge in [0.2, 0.25) is 0 Å². The van der Waals surface area contributed by atoms with Gasteiger partial charge in [0.1, 0.15) is 23.7 Å². The molecule has 3 aromatic rings. The minimum Gasteiger partial charge on any atom is -0.366 e. The second kappa shape index (κ2) is 8.20. The van der Waals surface area contributed by atoms with Gasteiger partial charge in [-0.25, -0.2) is 14.4 Å². The predicted octanol–water partition coefficient (Wildman–Crippen LogP) is 3.47. The molecule has 0 bridgehead atoms. The van der Waals surface area contributed by atoms with Crippen LogP contribution in [0.15, 0.2) is 60.9 Å². The number of benzene rings is 2. The Kier molecular flexibility index (Phi) is 5.53. The van der Waals surface area contributed by atoms with Gasteiger partial charge >= 0.3 is 0 Å². The van der Waals surface area contributed by atoms with E-state index >= 15 is 0 Å². The van der Waals surface area contributed by atoms with Crippen molar-refractivity contribution in [1.82, 2.24) is 15.3 Å². The molecule has 0 radical (unpaired) electrons. The van der Waals surface area contributed by atoms with Crippen LogP contribution in [0.25, 0.3) is 0 Å². The number of halogens is 1. The first-order valence-corrected chi connectivity index (χ1v) is 8.24. The van der Waals surface area contributed by atoms with Crippen molar-refractivity contribution in [2.24, 2.45) is 0 Å². The smallest absolute Gasteiger partial charge is 0.270 e. The summed E-state index contributed by atoms with van der Waals surface area (Å²) in [5.74, 6) is -0.0380. The Morgan fingerprint density at radius 2 is 1.81 bits per heavy atom. The minimum atomic E-state index is -0.310. The standard InChI is InChI=1S/C20H19FN4O/c1-14-3-2-4-16(9-14)12-22-19-10-18(24-13-25-19)20(26)23-11-15-5-7-17(21)8-6-15/h2-10,13H,11-12H2,1H3,(H,23,26)(H,22,24,25). The summed E-state index contributed by atoms with van der Waals surface area (Å²) < 4.78 is 12.9. The third-order valence-electron chi connectivity index (χ3n) is 3.82. The topological polar surface area (TPSA) is 66.9 Å². The van der Waals surface area contributed by atoms with Crippen molar-refractivity contribution in [3.8, 4) is 0 Å². The summed E-state index contributed by atoms with van der Waals surface area (Å²) in [4.78, 5) is 20.4. The van der Waals surface area contributed by atoms with Crippen LogP contribution in [0, 0.1) is 12.7 Å². The first-order valence-electron chi connectivity index (χ1n) is 8.24. The summed E-state index contributed by atoms with van der Waals surface area (Å²) in [6, 6.07) is 15.7. The lowest BCUT2D eigenvalue weighted by Gasteiger charge is -2.08. The van der Waals surface area contributed by atoms with Crippen molar-refractivity contribution in [3.05, 3.63) is 89.1 Å². The highest BCUT2D eigenvalue weighted by Gasteiger charge is 2.08. The summed E-state index contributed by atoms with van der Waals surface area (Å²) in [6.07, 6.45) is 1.35. The van der Waals surface area contributed by atoms with Gasteiger partial charge in [0.15, 0.2) is 0 Å². The fourth-order valence-electron chi connectivity index (χ4n) is 2.47. The molecule has 132 valence electrons. The number of anilines is 1. The monoisotopic (exact) mass is 350 g/mol. The number of hydrogen-bond acceptors (Lipinski definition) is 4. The van der Waals surface area contributed by atoms with Crippen LogP contribution in [0.4, 0.5) is 10.2 Å². The van der Waals surface area contributed by atoms with Crippen LogP contribution >= 0.6 is 0 Å². The second-order valence-corrected chi connectivity index (χ2v) is 5.94. The SMILES string of the molecule is Cc1cccc(CNc2cc(C(=O)NCc3ccc(F)cc3)ncn2)c1. The molecule has 1 aromatic heterocycles. The molecule has 5 nitrogen and oxygen atoms in total. The van der Waals surface area contributed by atoms with E-state index < -0.39 is 0 Å². The van der Waals surface area contributed by atoms with E-state index in [1.54, 1.807) is 18.2 Å². The zero-order chi connectivity index (χ0) is 18.4. The number of nitrogens with one attached hydrogen (secondary N) is 2. The van der Waals surface area contributed by atoms with E-state index in [-0.39, 0.29) is 17.4 Å². The molecule has 26 heavy (non-hydrogen) atoms. The van der Waals surface area contributed by atoms with E-state index in [2.05, 4.69) is 26.7 Å². The first kappa shape index (κ1) is 17.5. The van der Waals surface area contributed by atoms with Crippen LogP contribution in [-0.2, 0) is 13.1 Å². The maximum atomic E-state index is 12.9. The summed E-state index contributed by atoms with van der Waals surface area (Å²) >= 11 is 0. The lowest BCUT2D eigenvalue weighted by Crippen LogP contribution is -2.24. The van der Waals surface area contributed by atoms with Crippen LogP contribution in [0.2, 0.25) is 0 Å². The summed E-state index contributed by atoms with van der Waals surface area (Å²) in [6.45, 7) is 2.95. The second-order valence-electron chi connectivity index (χ2n) is 5.94. The average Bonchev–Trinajstić information content (AvgIpc) is 2.66. The highest BCUT2D eigenvalue weighted by molar-refractivity contribution is 5.92. The van der Waals surface area contributed by atoms with E-state index in [0.717, 1.165) is 11.1 Å². The highest BCUT2D eigenvalue weighted by Crippen LogP contribution is 2.09. The summed E-state index contributed by atoms with van der Waals surface area (Å²) in [7, 11) is 0.